The number of nitrogens with zero attached hydrogens (tertiary/aromatic N) is 1. The van der Waals surface area contributed by atoms with E-state index >= 15 is 0 Å². The van der Waals surface area contributed by atoms with Gasteiger partial charge in [-0.25, -0.2) is 0 Å². The van der Waals surface area contributed by atoms with Crippen LogP contribution in [0.25, 0.3) is 0 Å². The lowest BCUT2D eigenvalue weighted by atomic mass is 9.71. The molecule has 1 aliphatic heterocycles. The summed E-state index contributed by atoms with van der Waals surface area (Å²) in [5.74, 6) is 1.14. The zero-order chi connectivity index (χ0) is 17.7. The largest absolute Gasteiger partial charge is 0.494 e. The van der Waals surface area contributed by atoms with Crippen molar-refractivity contribution in [3.05, 3.63) is 29.8 Å². The van der Waals surface area contributed by atoms with Crippen molar-refractivity contribution in [2.24, 2.45) is 5.92 Å². The zero-order valence-electron chi connectivity index (χ0n) is 15.4. The highest BCUT2D eigenvalue weighted by atomic mass is 16.5. The number of ether oxygens (including phenoxy) is 1. The molecule has 1 N–H and O–H groups in total. The standard InChI is InChI=1S/C21H31NO3/c1-2-3-6-15-25-19-10-8-17(9-11-19)20(23)22-14-13-21(24)12-5-4-7-18(21)16-22/h8-11,18,24H,2-7,12-16H2,1H3/t18-,21-/m1/s1. The Balaban J connectivity index is 1.56. The maximum atomic E-state index is 12.8. The Morgan fingerprint density at radius 1 is 1.24 bits per heavy atom. The average Bonchev–Trinajstić information content (AvgIpc) is 2.64. The van der Waals surface area contributed by atoms with E-state index in [4.69, 9.17) is 4.74 Å². The van der Waals surface area contributed by atoms with Crippen LogP contribution >= 0.6 is 0 Å². The van der Waals surface area contributed by atoms with Crippen LogP contribution in [0.15, 0.2) is 24.3 Å². The monoisotopic (exact) mass is 345 g/mol. The lowest BCUT2D eigenvalue weighted by molar-refractivity contribution is -0.0886. The molecule has 1 aromatic rings. The number of aliphatic hydroxyl groups is 1. The molecular formula is C21H31NO3. The minimum absolute atomic E-state index is 0.0742. The molecule has 4 heteroatoms. The summed E-state index contributed by atoms with van der Waals surface area (Å²) in [5.41, 5.74) is 0.174. The number of hydrogen-bond donors (Lipinski definition) is 1. The van der Waals surface area contributed by atoms with Crippen molar-refractivity contribution in [3.63, 3.8) is 0 Å². The number of rotatable bonds is 6. The number of carbonyl (C=O) groups excluding carboxylic acids is 1. The van der Waals surface area contributed by atoms with Crippen molar-refractivity contribution < 1.29 is 14.6 Å². The van der Waals surface area contributed by atoms with Crippen LogP contribution in [0.4, 0.5) is 0 Å². The van der Waals surface area contributed by atoms with E-state index in [2.05, 4.69) is 6.92 Å². The Kier molecular flexibility index (Phi) is 6.00. The fraction of sp³-hybridized carbons (Fsp3) is 0.667. The number of likely N-dealkylation sites (tertiary alicyclic amines) is 1. The summed E-state index contributed by atoms with van der Waals surface area (Å²) in [7, 11) is 0. The summed E-state index contributed by atoms with van der Waals surface area (Å²) in [5, 5.41) is 10.8. The molecular weight excluding hydrogens is 314 g/mol. The van der Waals surface area contributed by atoms with Gasteiger partial charge in [0.2, 0.25) is 0 Å². The zero-order valence-corrected chi connectivity index (χ0v) is 15.4. The smallest absolute Gasteiger partial charge is 0.253 e. The second-order valence-electron chi connectivity index (χ2n) is 7.63. The summed E-state index contributed by atoms with van der Waals surface area (Å²) in [6.45, 7) is 4.24. The van der Waals surface area contributed by atoms with Gasteiger partial charge in [-0.2, -0.15) is 0 Å². The number of amides is 1. The number of hydrogen-bond acceptors (Lipinski definition) is 3. The molecule has 1 saturated heterocycles. The van der Waals surface area contributed by atoms with Gasteiger partial charge in [-0.3, -0.25) is 4.79 Å². The normalized spacial score (nSPS) is 26.2. The van der Waals surface area contributed by atoms with Crippen molar-refractivity contribution in [1.29, 1.82) is 0 Å². The lowest BCUT2D eigenvalue weighted by Crippen LogP contribution is -2.54. The predicted molar refractivity (Wildman–Crippen MR) is 98.9 cm³/mol. The molecule has 1 aromatic carbocycles. The predicted octanol–water partition coefficient (Wildman–Crippen LogP) is 4.02. The summed E-state index contributed by atoms with van der Waals surface area (Å²) in [4.78, 5) is 14.7. The first-order valence-electron chi connectivity index (χ1n) is 9.87. The second-order valence-corrected chi connectivity index (χ2v) is 7.63. The molecule has 2 atom stereocenters. The molecule has 0 spiro atoms. The summed E-state index contributed by atoms with van der Waals surface area (Å²) in [6, 6.07) is 7.50. The number of benzene rings is 1. The van der Waals surface area contributed by atoms with E-state index in [0.717, 1.165) is 38.0 Å². The van der Waals surface area contributed by atoms with Gasteiger partial charge in [0.1, 0.15) is 5.75 Å². The number of piperidine rings is 1. The van der Waals surface area contributed by atoms with Gasteiger partial charge in [-0.15, -0.1) is 0 Å². The van der Waals surface area contributed by atoms with Gasteiger partial charge in [0.25, 0.3) is 5.91 Å². The lowest BCUT2D eigenvalue weighted by Gasteiger charge is -2.47. The molecule has 3 rings (SSSR count). The average molecular weight is 345 g/mol. The quantitative estimate of drug-likeness (QED) is 0.792. The minimum Gasteiger partial charge on any atom is -0.494 e. The third-order valence-corrected chi connectivity index (χ3v) is 5.83. The van der Waals surface area contributed by atoms with Crippen LogP contribution in [-0.4, -0.2) is 41.2 Å². The van der Waals surface area contributed by atoms with Gasteiger partial charge in [0.05, 0.1) is 12.2 Å². The molecule has 4 nitrogen and oxygen atoms in total. The number of carbonyl (C=O) groups is 1. The van der Waals surface area contributed by atoms with Gasteiger partial charge in [0, 0.05) is 24.6 Å². The first kappa shape index (κ1) is 18.2. The molecule has 1 amide bonds. The third kappa shape index (κ3) is 4.35. The van der Waals surface area contributed by atoms with E-state index in [0.29, 0.717) is 25.1 Å². The number of fused-ring (bicyclic) bond motifs is 1. The fourth-order valence-corrected chi connectivity index (χ4v) is 4.17. The molecule has 1 heterocycles. The highest BCUT2D eigenvalue weighted by Gasteiger charge is 2.43. The van der Waals surface area contributed by atoms with E-state index < -0.39 is 5.60 Å². The molecule has 1 aliphatic carbocycles. The molecule has 0 bridgehead atoms. The summed E-state index contributed by atoms with van der Waals surface area (Å²) in [6.07, 6.45) is 8.34. The Labute approximate surface area is 151 Å². The van der Waals surface area contributed by atoms with Crippen LogP contribution in [-0.2, 0) is 0 Å². The minimum atomic E-state index is -0.536. The molecule has 25 heavy (non-hydrogen) atoms. The van der Waals surface area contributed by atoms with Crippen LogP contribution in [0.2, 0.25) is 0 Å². The fourth-order valence-electron chi connectivity index (χ4n) is 4.17. The van der Waals surface area contributed by atoms with Crippen LogP contribution < -0.4 is 4.74 Å². The Hall–Kier alpha value is -1.55. The summed E-state index contributed by atoms with van der Waals surface area (Å²) >= 11 is 0. The maximum absolute atomic E-state index is 12.8. The van der Waals surface area contributed by atoms with E-state index in [1.54, 1.807) is 0 Å². The highest BCUT2D eigenvalue weighted by Crippen LogP contribution is 2.40. The van der Waals surface area contributed by atoms with E-state index in [9.17, 15) is 9.90 Å². The van der Waals surface area contributed by atoms with Gasteiger partial charge < -0.3 is 14.7 Å². The van der Waals surface area contributed by atoms with Crippen LogP contribution in [0.3, 0.4) is 0 Å². The molecule has 0 aromatic heterocycles. The molecule has 2 aliphatic rings. The molecule has 2 fully saturated rings. The van der Waals surface area contributed by atoms with E-state index in [1.807, 2.05) is 29.2 Å². The topological polar surface area (TPSA) is 49.8 Å². The van der Waals surface area contributed by atoms with Crippen molar-refractivity contribution >= 4 is 5.91 Å². The van der Waals surface area contributed by atoms with E-state index in [1.165, 1.54) is 19.3 Å². The SMILES string of the molecule is CCCCCOc1ccc(C(=O)N2CC[C@]3(O)CCCC[C@@H]3C2)cc1. The first-order valence-corrected chi connectivity index (χ1v) is 9.87. The third-order valence-electron chi connectivity index (χ3n) is 5.83. The Morgan fingerprint density at radius 2 is 2.04 bits per heavy atom. The van der Waals surface area contributed by atoms with E-state index in [-0.39, 0.29) is 11.8 Å². The van der Waals surface area contributed by atoms with Crippen molar-refractivity contribution in [2.45, 2.75) is 63.9 Å². The summed E-state index contributed by atoms with van der Waals surface area (Å²) < 4.78 is 5.71. The van der Waals surface area contributed by atoms with Crippen molar-refractivity contribution in [1.82, 2.24) is 4.90 Å². The van der Waals surface area contributed by atoms with Gasteiger partial charge in [0.15, 0.2) is 0 Å². The maximum Gasteiger partial charge on any atom is 0.253 e. The highest BCUT2D eigenvalue weighted by molar-refractivity contribution is 5.94. The molecule has 0 unspecified atom stereocenters. The number of unbranched alkanes of at least 4 members (excludes halogenated alkanes) is 2. The molecule has 138 valence electrons. The van der Waals surface area contributed by atoms with Gasteiger partial charge in [-0.05, 0) is 49.9 Å². The molecule has 0 radical (unpaired) electrons. The second kappa shape index (κ2) is 8.22. The molecule has 1 saturated carbocycles. The van der Waals surface area contributed by atoms with Gasteiger partial charge in [-0.1, -0.05) is 32.6 Å². The Bertz CT molecular complexity index is 571. The van der Waals surface area contributed by atoms with Crippen molar-refractivity contribution in [2.75, 3.05) is 19.7 Å². The first-order chi connectivity index (χ1) is 12.1. The van der Waals surface area contributed by atoms with Crippen LogP contribution in [0.5, 0.6) is 5.75 Å². The van der Waals surface area contributed by atoms with Gasteiger partial charge >= 0.3 is 0 Å². The van der Waals surface area contributed by atoms with Crippen molar-refractivity contribution in [3.8, 4) is 5.75 Å². The van der Waals surface area contributed by atoms with Crippen LogP contribution in [0.1, 0.15) is 68.6 Å². The van der Waals surface area contributed by atoms with Crippen LogP contribution in [0, 0.1) is 5.92 Å². The Morgan fingerprint density at radius 3 is 2.80 bits per heavy atom.